The van der Waals surface area contributed by atoms with Crippen LogP contribution in [0.4, 0.5) is 11.5 Å². The highest BCUT2D eigenvalue weighted by Crippen LogP contribution is 2.18. The van der Waals surface area contributed by atoms with E-state index in [9.17, 15) is 9.59 Å². The molecule has 0 unspecified atom stereocenters. The van der Waals surface area contributed by atoms with Crippen molar-refractivity contribution in [1.29, 1.82) is 0 Å². The number of amides is 2. The monoisotopic (exact) mass is 383 g/mol. The lowest BCUT2D eigenvalue weighted by Gasteiger charge is -2.07. The van der Waals surface area contributed by atoms with Crippen LogP contribution in [0.15, 0.2) is 34.9 Å². The summed E-state index contributed by atoms with van der Waals surface area (Å²) in [4.78, 5) is 25.0. The van der Waals surface area contributed by atoms with E-state index in [2.05, 4.69) is 31.2 Å². The zero-order valence-corrected chi connectivity index (χ0v) is 15.8. The molecular formula is C18H21N7O3. The highest BCUT2D eigenvalue weighted by atomic mass is 16.5. The summed E-state index contributed by atoms with van der Waals surface area (Å²) in [5.41, 5.74) is 1.42. The second kappa shape index (κ2) is 8.42. The number of anilines is 2. The lowest BCUT2D eigenvalue weighted by Crippen LogP contribution is -2.20. The van der Waals surface area contributed by atoms with Gasteiger partial charge in [-0.3, -0.25) is 9.59 Å². The first-order valence-corrected chi connectivity index (χ1v) is 8.80. The molecule has 0 atom stereocenters. The Labute approximate surface area is 161 Å². The van der Waals surface area contributed by atoms with Gasteiger partial charge in [-0.2, -0.15) is 4.80 Å². The van der Waals surface area contributed by atoms with E-state index in [0.29, 0.717) is 35.4 Å². The van der Waals surface area contributed by atoms with Crippen molar-refractivity contribution in [2.24, 2.45) is 5.92 Å². The molecule has 28 heavy (non-hydrogen) atoms. The van der Waals surface area contributed by atoms with Gasteiger partial charge in [-0.25, -0.2) is 0 Å². The summed E-state index contributed by atoms with van der Waals surface area (Å²) in [5.74, 6) is 1.23. The van der Waals surface area contributed by atoms with Gasteiger partial charge in [-0.05, 0) is 42.3 Å². The molecule has 2 amide bonds. The Bertz CT molecular complexity index is 960. The van der Waals surface area contributed by atoms with E-state index in [1.165, 1.54) is 4.80 Å². The maximum absolute atomic E-state index is 12.0. The smallest absolute Gasteiger partial charge is 0.249 e. The Balaban J connectivity index is 1.58. The SMILES string of the molecule is Cc1cc(NC(=O)Cn2nnc(-c3ccc(NC(=O)CC(C)C)cc3)n2)no1. The van der Waals surface area contributed by atoms with Gasteiger partial charge in [0, 0.05) is 23.7 Å². The Morgan fingerprint density at radius 2 is 1.89 bits per heavy atom. The summed E-state index contributed by atoms with van der Waals surface area (Å²) in [7, 11) is 0. The van der Waals surface area contributed by atoms with Crippen LogP contribution in [0.5, 0.6) is 0 Å². The third-order valence-electron chi connectivity index (χ3n) is 3.65. The normalized spacial score (nSPS) is 10.9. The maximum atomic E-state index is 12.0. The van der Waals surface area contributed by atoms with Crippen molar-refractivity contribution < 1.29 is 14.1 Å². The number of hydrogen-bond donors (Lipinski definition) is 2. The van der Waals surface area contributed by atoms with E-state index in [4.69, 9.17) is 4.52 Å². The van der Waals surface area contributed by atoms with Crippen LogP contribution in [0.2, 0.25) is 0 Å². The molecule has 0 aliphatic carbocycles. The van der Waals surface area contributed by atoms with Crippen molar-refractivity contribution in [2.45, 2.75) is 33.7 Å². The van der Waals surface area contributed by atoms with Gasteiger partial charge >= 0.3 is 0 Å². The van der Waals surface area contributed by atoms with E-state index < -0.39 is 0 Å². The molecular weight excluding hydrogens is 362 g/mol. The highest BCUT2D eigenvalue weighted by molar-refractivity contribution is 5.91. The van der Waals surface area contributed by atoms with Crippen LogP contribution in [0.25, 0.3) is 11.4 Å². The predicted molar refractivity (Wildman–Crippen MR) is 101 cm³/mol. The van der Waals surface area contributed by atoms with Crippen molar-refractivity contribution in [3.63, 3.8) is 0 Å². The van der Waals surface area contributed by atoms with Gasteiger partial charge in [-0.1, -0.05) is 19.0 Å². The minimum Gasteiger partial charge on any atom is -0.360 e. The van der Waals surface area contributed by atoms with E-state index >= 15 is 0 Å². The summed E-state index contributed by atoms with van der Waals surface area (Å²) < 4.78 is 4.89. The van der Waals surface area contributed by atoms with Crippen molar-refractivity contribution in [3.05, 3.63) is 36.1 Å². The molecule has 2 heterocycles. The Morgan fingerprint density at radius 1 is 1.14 bits per heavy atom. The Kier molecular flexibility index (Phi) is 5.78. The van der Waals surface area contributed by atoms with Crippen LogP contribution in [0.3, 0.4) is 0 Å². The number of hydrogen-bond acceptors (Lipinski definition) is 7. The zero-order chi connectivity index (χ0) is 20.1. The fourth-order valence-electron chi connectivity index (χ4n) is 2.45. The number of carbonyl (C=O) groups excluding carboxylic acids is 2. The van der Waals surface area contributed by atoms with Crippen molar-refractivity contribution in [3.8, 4) is 11.4 Å². The van der Waals surface area contributed by atoms with Crippen LogP contribution >= 0.6 is 0 Å². The molecule has 0 bridgehead atoms. The van der Waals surface area contributed by atoms with Gasteiger partial charge in [-0.15, -0.1) is 10.2 Å². The molecule has 0 spiro atoms. The number of aryl methyl sites for hydroxylation is 1. The number of nitrogens with one attached hydrogen (secondary N) is 2. The summed E-state index contributed by atoms with van der Waals surface area (Å²) in [5, 5.41) is 21.2. The summed E-state index contributed by atoms with van der Waals surface area (Å²) in [6.45, 7) is 5.60. The molecule has 146 valence electrons. The molecule has 3 rings (SSSR count). The first-order chi connectivity index (χ1) is 13.4. The molecule has 10 nitrogen and oxygen atoms in total. The third-order valence-corrected chi connectivity index (χ3v) is 3.65. The van der Waals surface area contributed by atoms with Crippen LogP contribution in [-0.2, 0) is 16.1 Å². The number of rotatable bonds is 7. The molecule has 0 aliphatic rings. The van der Waals surface area contributed by atoms with Crippen LogP contribution in [-0.4, -0.2) is 37.2 Å². The topological polar surface area (TPSA) is 128 Å². The largest absolute Gasteiger partial charge is 0.360 e. The number of carbonyl (C=O) groups is 2. The average Bonchev–Trinajstić information content (AvgIpc) is 3.24. The fourth-order valence-corrected chi connectivity index (χ4v) is 2.45. The number of nitrogens with zero attached hydrogens (tertiary/aromatic N) is 5. The zero-order valence-electron chi connectivity index (χ0n) is 15.8. The molecule has 2 aromatic heterocycles. The van der Waals surface area contributed by atoms with Crippen molar-refractivity contribution in [2.75, 3.05) is 10.6 Å². The minimum atomic E-state index is -0.347. The second-order valence-corrected chi connectivity index (χ2v) is 6.74. The molecule has 2 N–H and O–H groups in total. The van der Waals surface area contributed by atoms with Gasteiger partial charge < -0.3 is 15.2 Å². The van der Waals surface area contributed by atoms with Gasteiger partial charge in [0.15, 0.2) is 5.82 Å². The molecule has 0 aliphatic heterocycles. The van der Waals surface area contributed by atoms with E-state index in [0.717, 1.165) is 5.56 Å². The Morgan fingerprint density at radius 3 is 2.54 bits per heavy atom. The molecule has 10 heteroatoms. The molecule has 0 fully saturated rings. The number of tetrazole rings is 1. The molecule has 0 radical (unpaired) electrons. The van der Waals surface area contributed by atoms with E-state index in [1.807, 2.05) is 13.8 Å². The number of aromatic nitrogens is 5. The average molecular weight is 383 g/mol. The Hall–Kier alpha value is -3.56. The summed E-state index contributed by atoms with van der Waals surface area (Å²) in [6, 6.07) is 8.72. The molecule has 3 aromatic rings. The quantitative estimate of drug-likeness (QED) is 0.640. The van der Waals surface area contributed by atoms with E-state index in [-0.39, 0.29) is 18.4 Å². The minimum absolute atomic E-state index is 0.0277. The second-order valence-electron chi connectivity index (χ2n) is 6.74. The first kappa shape index (κ1) is 19.2. The first-order valence-electron chi connectivity index (χ1n) is 8.80. The van der Waals surface area contributed by atoms with Gasteiger partial charge in [0.1, 0.15) is 12.3 Å². The summed E-state index contributed by atoms with van der Waals surface area (Å²) >= 11 is 0. The van der Waals surface area contributed by atoms with Gasteiger partial charge in [0.25, 0.3) is 0 Å². The van der Waals surface area contributed by atoms with Crippen LogP contribution in [0.1, 0.15) is 26.0 Å². The van der Waals surface area contributed by atoms with Gasteiger partial charge in [0.2, 0.25) is 17.6 Å². The predicted octanol–water partition coefficient (Wildman–Crippen LogP) is 2.26. The number of benzene rings is 1. The van der Waals surface area contributed by atoms with Gasteiger partial charge in [0.05, 0.1) is 0 Å². The highest BCUT2D eigenvalue weighted by Gasteiger charge is 2.12. The molecule has 1 aromatic carbocycles. The van der Waals surface area contributed by atoms with Crippen molar-refractivity contribution in [1.82, 2.24) is 25.4 Å². The maximum Gasteiger partial charge on any atom is 0.249 e. The van der Waals surface area contributed by atoms with E-state index in [1.54, 1.807) is 37.3 Å². The molecule has 0 saturated heterocycles. The van der Waals surface area contributed by atoms with Crippen molar-refractivity contribution >= 4 is 23.3 Å². The molecule has 0 saturated carbocycles. The van der Waals surface area contributed by atoms with Crippen LogP contribution in [0, 0.1) is 12.8 Å². The standard InChI is InChI=1S/C18H21N7O3/c1-11(2)8-16(26)19-14-6-4-13(5-7-14)18-21-24-25(22-18)10-17(27)20-15-9-12(3)28-23-15/h4-7,9,11H,8,10H2,1-3H3,(H,19,26)(H,20,23,27). The summed E-state index contributed by atoms with van der Waals surface area (Å²) in [6.07, 6.45) is 0.466. The lowest BCUT2D eigenvalue weighted by atomic mass is 10.1. The lowest BCUT2D eigenvalue weighted by molar-refractivity contribution is -0.117. The van der Waals surface area contributed by atoms with Crippen LogP contribution < -0.4 is 10.6 Å². The fraction of sp³-hybridized carbons (Fsp3) is 0.333. The third kappa shape index (κ3) is 5.22.